The second-order valence-corrected chi connectivity index (χ2v) is 6.31. The summed E-state index contributed by atoms with van der Waals surface area (Å²) in [5.41, 5.74) is 2.55. The third kappa shape index (κ3) is 4.53. The lowest BCUT2D eigenvalue weighted by molar-refractivity contribution is -0.125. The molecule has 0 spiro atoms. The first-order valence-electron chi connectivity index (χ1n) is 8.59. The van der Waals surface area contributed by atoms with Gasteiger partial charge in [0.1, 0.15) is 5.75 Å². The summed E-state index contributed by atoms with van der Waals surface area (Å²) in [5, 5.41) is 11.0. The van der Waals surface area contributed by atoms with Gasteiger partial charge in [-0.1, -0.05) is 30.3 Å². The number of hydrogen-bond donors (Lipinski definition) is 0. The highest BCUT2D eigenvalue weighted by Gasteiger charge is 2.07. The summed E-state index contributed by atoms with van der Waals surface area (Å²) in [5.74, 6) is 0.754. The molecule has 3 aromatic rings. The number of nitrogens with zero attached hydrogens (tertiary/aromatic N) is 2. The summed E-state index contributed by atoms with van der Waals surface area (Å²) in [6, 6.07) is 21.3. The smallest absolute Gasteiger partial charge is 0.246 e. The van der Waals surface area contributed by atoms with Crippen molar-refractivity contribution in [1.82, 2.24) is 4.90 Å². The quantitative estimate of drug-likeness (QED) is 0.637. The van der Waals surface area contributed by atoms with Gasteiger partial charge in [0, 0.05) is 19.7 Å². The van der Waals surface area contributed by atoms with Gasteiger partial charge in [0.25, 0.3) is 0 Å². The fourth-order valence-electron chi connectivity index (χ4n) is 2.81. The lowest BCUT2D eigenvalue weighted by atomic mass is 10.1. The van der Waals surface area contributed by atoms with Crippen molar-refractivity contribution in [1.29, 1.82) is 5.26 Å². The Bertz CT molecular complexity index is 1030. The van der Waals surface area contributed by atoms with Gasteiger partial charge in [0.15, 0.2) is 0 Å². The Labute approximate surface area is 158 Å². The molecule has 0 heterocycles. The summed E-state index contributed by atoms with van der Waals surface area (Å²) in [7, 11) is 3.44. The highest BCUT2D eigenvalue weighted by molar-refractivity contribution is 5.91. The van der Waals surface area contributed by atoms with Gasteiger partial charge in [0.2, 0.25) is 5.91 Å². The molecule has 27 heavy (non-hydrogen) atoms. The van der Waals surface area contributed by atoms with Crippen LogP contribution in [0.15, 0.2) is 66.7 Å². The van der Waals surface area contributed by atoms with Gasteiger partial charge in [-0.3, -0.25) is 4.79 Å². The standard InChI is InChI=1S/C23H20N2O2/c1-25(23(26)12-8-17-3-5-18(15-24)6-4-17)16-19-7-9-21-14-22(27-2)11-10-20(21)13-19/h3-14H,16H2,1-2H3. The van der Waals surface area contributed by atoms with Crippen LogP contribution in [0.2, 0.25) is 0 Å². The van der Waals surface area contributed by atoms with Gasteiger partial charge < -0.3 is 9.64 Å². The average Bonchev–Trinajstić information content (AvgIpc) is 2.71. The van der Waals surface area contributed by atoms with Crippen molar-refractivity contribution in [2.24, 2.45) is 0 Å². The monoisotopic (exact) mass is 356 g/mol. The molecule has 0 radical (unpaired) electrons. The summed E-state index contributed by atoms with van der Waals surface area (Å²) in [6.07, 6.45) is 3.31. The predicted molar refractivity (Wildman–Crippen MR) is 107 cm³/mol. The van der Waals surface area contributed by atoms with Crippen LogP contribution in [0.25, 0.3) is 16.8 Å². The Morgan fingerprint density at radius 2 is 1.78 bits per heavy atom. The van der Waals surface area contributed by atoms with Crippen LogP contribution >= 0.6 is 0 Å². The first-order chi connectivity index (χ1) is 13.1. The normalized spacial score (nSPS) is 10.7. The minimum absolute atomic E-state index is 0.0748. The van der Waals surface area contributed by atoms with Crippen molar-refractivity contribution < 1.29 is 9.53 Å². The molecular weight excluding hydrogens is 336 g/mol. The van der Waals surface area contributed by atoms with Crippen LogP contribution in [-0.2, 0) is 11.3 Å². The maximum absolute atomic E-state index is 12.4. The summed E-state index contributed by atoms with van der Waals surface area (Å²) < 4.78 is 5.25. The third-order valence-electron chi connectivity index (χ3n) is 4.37. The molecule has 4 nitrogen and oxygen atoms in total. The minimum atomic E-state index is -0.0748. The fraction of sp³-hybridized carbons (Fsp3) is 0.130. The van der Waals surface area contributed by atoms with Gasteiger partial charge in [-0.25, -0.2) is 0 Å². The van der Waals surface area contributed by atoms with Crippen LogP contribution in [0, 0.1) is 11.3 Å². The van der Waals surface area contributed by atoms with Crippen molar-refractivity contribution in [3.8, 4) is 11.8 Å². The van der Waals surface area contributed by atoms with Gasteiger partial charge >= 0.3 is 0 Å². The molecule has 0 fully saturated rings. The van der Waals surface area contributed by atoms with E-state index >= 15 is 0 Å². The van der Waals surface area contributed by atoms with Gasteiger partial charge in [-0.15, -0.1) is 0 Å². The molecule has 4 heteroatoms. The number of benzene rings is 3. The molecule has 0 aliphatic heterocycles. The van der Waals surface area contributed by atoms with Crippen molar-refractivity contribution in [2.75, 3.05) is 14.2 Å². The average molecular weight is 356 g/mol. The zero-order chi connectivity index (χ0) is 19.2. The largest absolute Gasteiger partial charge is 0.497 e. The molecule has 0 aliphatic carbocycles. The maximum Gasteiger partial charge on any atom is 0.246 e. The zero-order valence-corrected chi connectivity index (χ0v) is 15.3. The Morgan fingerprint density at radius 3 is 2.48 bits per heavy atom. The van der Waals surface area contributed by atoms with Crippen LogP contribution < -0.4 is 4.74 Å². The van der Waals surface area contributed by atoms with Crippen LogP contribution in [0.3, 0.4) is 0 Å². The molecule has 0 N–H and O–H groups in total. The van der Waals surface area contributed by atoms with E-state index in [9.17, 15) is 4.79 Å². The van der Waals surface area contributed by atoms with Crippen molar-refractivity contribution >= 4 is 22.8 Å². The van der Waals surface area contributed by atoms with E-state index in [1.165, 1.54) is 0 Å². The van der Waals surface area contributed by atoms with Gasteiger partial charge in [-0.2, -0.15) is 5.26 Å². The second-order valence-electron chi connectivity index (χ2n) is 6.31. The summed E-state index contributed by atoms with van der Waals surface area (Å²) in [4.78, 5) is 14.0. The number of fused-ring (bicyclic) bond motifs is 1. The molecular formula is C23H20N2O2. The van der Waals surface area contributed by atoms with E-state index in [1.54, 1.807) is 43.3 Å². The van der Waals surface area contributed by atoms with E-state index in [0.29, 0.717) is 12.1 Å². The molecule has 0 saturated heterocycles. The van der Waals surface area contributed by atoms with E-state index in [0.717, 1.165) is 27.6 Å². The summed E-state index contributed by atoms with van der Waals surface area (Å²) in [6.45, 7) is 0.526. The molecule has 3 rings (SSSR count). The lowest BCUT2D eigenvalue weighted by Gasteiger charge is -2.15. The molecule has 0 saturated carbocycles. The number of nitriles is 1. The Balaban J connectivity index is 1.67. The molecule has 0 aromatic heterocycles. The highest BCUT2D eigenvalue weighted by Crippen LogP contribution is 2.22. The van der Waals surface area contributed by atoms with E-state index in [-0.39, 0.29) is 5.91 Å². The Kier molecular flexibility index (Phi) is 5.53. The number of ether oxygens (including phenoxy) is 1. The fourth-order valence-corrected chi connectivity index (χ4v) is 2.81. The first-order valence-corrected chi connectivity index (χ1v) is 8.59. The van der Waals surface area contributed by atoms with Crippen molar-refractivity contribution in [3.63, 3.8) is 0 Å². The topological polar surface area (TPSA) is 53.3 Å². The SMILES string of the molecule is COc1ccc2cc(CN(C)C(=O)C=Cc3ccc(C#N)cc3)ccc2c1. The van der Waals surface area contributed by atoms with E-state index in [2.05, 4.69) is 12.1 Å². The van der Waals surface area contributed by atoms with Crippen LogP contribution in [0.4, 0.5) is 0 Å². The molecule has 0 atom stereocenters. The van der Waals surface area contributed by atoms with Crippen LogP contribution in [-0.4, -0.2) is 25.0 Å². The van der Waals surface area contributed by atoms with Crippen molar-refractivity contribution in [3.05, 3.63) is 83.4 Å². The van der Waals surface area contributed by atoms with Crippen LogP contribution in [0.5, 0.6) is 5.75 Å². The molecule has 134 valence electrons. The molecule has 0 unspecified atom stereocenters. The molecule has 0 bridgehead atoms. The number of methoxy groups -OCH3 is 1. The maximum atomic E-state index is 12.4. The van der Waals surface area contributed by atoms with Crippen LogP contribution in [0.1, 0.15) is 16.7 Å². The number of hydrogen-bond acceptors (Lipinski definition) is 3. The summed E-state index contributed by atoms with van der Waals surface area (Å²) >= 11 is 0. The predicted octanol–water partition coefficient (Wildman–Crippen LogP) is 4.39. The number of carbonyl (C=O) groups is 1. The second kappa shape index (κ2) is 8.20. The highest BCUT2D eigenvalue weighted by atomic mass is 16.5. The number of rotatable bonds is 5. The van der Waals surface area contributed by atoms with E-state index in [1.807, 2.05) is 42.5 Å². The molecule has 1 amide bonds. The minimum Gasteiger partial charge on any atom is -0.497 e. The lowest BCUT2D eigenvalue weighted by Crippen LogP contribution is -2.24. The number of amides is 1. The number of carbonyl (C=O) groups excluding carboxylic acids is 1. The van der Waals surface area contributed by atoms with Crippen molar-refractivity contribution in [2.45, 2.75) is 6.54 Å². The molecule has 0 aliphatic rings. The Morgan fingerprint density at radius 1 is 1.07 bits per heavy atom. The first kappa shape index (κ1) is 18.2. The van der Waals surface area contributed by atoms with E-state index in [4.69, 9.17) is 10.00 Å². The zero-order valence-electron chi connectivity index (χ0n) is 15.3. The number of likely N-dealkylation sites (N-methyl/N-ethyl adjacent to an activating group) is 1. The van der Waals surface area contributed by atoms with E-state index < -0.39 is 0 Å². The molecule has 3 aromatic carbocycles. The third-order valence-corrected chi connectivity index (χ3v) is 4.37. The Hall–Kier alpha value is -3.58. The van der Waals surface area contributed by atoms with Gasteiger partial charge in [0.05, 0.1) is 18.7 Å². The van der Waals surface area contributed by atoms with Gasteiger partial charge in [-0.05, 0) is 58.3 Å².